The average Bonchev–Trinajstić information content (AvgIpc) is 3.07. The lowest BCUT2D eigenvalue weighted by molar-refractivity contribution is -0.138. The number of methoxy groups -OCH3 is 1. The van der Waals surface area contributed by atoms with Gasteiger partial charge in [0.15, 0.2) is 0 Å². The van der Waals surface area contributed by atoms with E-state index in [1.807, 2.05) is 24.3 Å². The van der Waals surface area contributed by atoms with Crippen LogP contribution in [0.2, 0.25) is 5.02 Å². The standard InChI is InChI=1S/C25H31ClN2O2/c1-30-22-10-8-20(9-11-22)19-28-18-14-25(24(28)29)12-16-27(17-13-25)15-4-6-21-5-2-3-7-23(21)26/h2-3,5,7-11H,4,6,12-19H2,1H3. The number of piperidine rings is 1. The summed E-state index contributed by atoms with van der Waals surface area (Å²) >= 11 is 6.27. The molecule has 30 heavy (non-hydrogen) atoms. The molecule has 2 aliphatic heterocycles. The number of carbonyl (C=O) groups excluding carboxylic acids is 1. The number of hydrogen-bond acceptors (Lipinski definition) is 3. The summed E-state index contributed by atoms with van der Waals surface area (Å²) in [6.45, 7) is 4.68. The second kappa shape index (κ2) is 9.40. The third-order valence-corrected chi connectivity index (χ3v) is 7.19. The second-order valence-corrected chi connectivity index (χ2v) is 9.05. The maximum Gasteiger partial charge on any atom is 0.229 e. The molecule has 0 N–H and O–H groups in total. The van der Waals surface area contributed by atoms with E-state index in [2.05, 4.69) is 34.1 Å². The average molecular weight is 427 g/mol. The van der Waals surface area contributed by atoms with Crippen LogP contribution in [0, 0.1) is 5.41 Å². The van der Waals surface area contributed by atoms with Crippen molar-refractivity contribution < 1.29 is 9.53 Å². The molecule has 2 aliphatic rings. The van der Waals surface area contributed by atoms with E-state index < -0.39 is 0 Å². The van der Waals surface area contributed by atoms with Crippen molar-refractivity contribution in [2.75, 3.05) is 33.3 Å². The third-order valence-electron chi connectivity index (χ3n) is 6.83. The molecular weight excluding hydrogens is 396 g/mol. The second-order valence-electron chi connectivity index (χ2n) is 8.64. The summed E-state index contributed by atoms with van der Waals surface area (Å²) in [5.41, 5.74) is 2.26. The van der Waals surface area contributed by atoms with Crippen LogP contribution in [0.5, 0.6) is 5.75 Å². The van der Waals surface area contributed by atoms with Crippen LogP contribution >= 0.6 is 11.6 Å². The summed E-state index contributed by atoms with van der Waals surface area (Å²) in [5, 5.41) is 0.864. The van der Waals surface area contributed by atoms with Crippen LogP contribution in [-0.2, 0) is 17.8 Å². The topological polar surface area (TPSA) is 32.8 Å². The number of amides is 1. The van der Waals surface area contributed by atoms with Crippen molar-refractivity contribution in [2.24, 2.45) is 5.41 Å². The monoisotopic (exact) mass is 426 g/mol. The zero-order chi connectivity index (χ0) is 21.0. The van der Waals surface area contributed by atoms with Gasteiger partial charge in [-0.3, -0.25) is 4.79 Å². The van der Waals surface area contributed by atoms with E-state index in [1.165, 1.54) is 11.1 Å². The highest BCUT2D eigenvalue weighted by atomic mass is 35.5. The zero-order valence-corrected chi connectivity index (χ0v) is 18.5. The van der Waals surface area contributed by atoms with Crippen LogP contribution < -0.4 is 4.74 Å². The number of carbonyl (C=O) groups is 1. The normalized spacial score (nSPS) is 18.9. The molecule has 2 fully saturated rings. The molecule has 2 aromatic rings. The Balaban J connectivity index is 1.25. The molecular formula is C25H31ClN2O2. The molecule has 0 atom stereocenters. The lowest BCUT2D eigenvalue weighted by atomic mass is 9.77. The fraction of sp³-hybridized carbons (Fsp3) is 0.480. The predicted octanol–water partition coefficient (Wildman–Crippen LogP) is 4.80. The Morgan fingerprint density at radius 3 is 2.40 bits per heavy atom. The number of hydrogen-bond donors (Lipinski definition) is 0. The van der Waals surface area contributed by atoms with E-state index in [-0.39, 0.29) is 5.41 Å². The number of ether oxygens (including phenoxy) is 1. The minimum absolute atomic E-state index is 0.133. The first-order valence-electron chi connectivity index (χ1n) is 11.0. The third kappa shape index (κ3) is 4.65. The van der Waals surface area contributed by atoms with E-state index in [4.69, 9.17) is 16.3 Å². The van der Waals surface area contributed by atoms with Gasteiger partial charge in [0.1, 0.15) is 5.75 Å². The van der Waals surface area contributed by atoms with E-state index >= 15 is 0 Å². The van der Waals surface area contributed by atoms with Gasteiger partial charge in [-0.05, 0) is 81.1 Å². The highest BCUT2D eigenvalue weighted by molar-refractivity contribution is 6.31. The maximum atomic E-state index is 13.2. The smallest absolute Gasteiger partial charge is 0.229 e. The molecule has 1 spiro atoms. The van der Waals surface area contributed by atoms with Crippen molar-refractivity contribution in [1.82, 2.24) is 9.80 Å². The first kappa shape index (κ1) is 21.2. The van der Waals surface area contributed by atoms with Gasteiger partial charge in [-0.1, -0.05) is 41.9 Å². The molecule has 2 saturated heterocycles. The van der Waals surface area contributed by atoms with E-state index in [0.717, 1.165) is 69.1 Å². The van der Waals surface area contributed by atoms with Crippen LogP contribution in [-0.4, -0.2) is 49.0 Å². The molecule has 0 aliphatic carbocycles. The molecule has 0 unspecified atom stereocenters. The lowest BCUT2D eigenvalue weighted by Crippen LogP contribution is -2.44. The molecule has 0 saturated carbocycles. The highest BCUT2D eigenvalue weighted by Crippen LogP contribution is 2.42. The van der Waals surface area contributed by atoms with Crippen molar-refractivity contribution in [3.8, 4) is 5.75 Å². The van der Waals surface area contributed by atoms with Crippen molar-refractivity contribution in [1.29, 1.82) is 0 Å². The number of nitrogens with zero attached hydrogens (tertiary/aromatic N) is 2. The molecule has 0 radical (unpaired) electrons. The summed E-state index contributed by atoms with van der Waals surface area (Å²) in [6.07, 6.45) is 5.08. The molecule has 4 rings (SSSR count). The lowest BCUT2D eigenvalue weighted by Gasteiger charge is -2.38. The minimum atomic E-state index is -0.133. The molecule has 5 heteroatoms. The summed E-state index contributed by atoms with van der Waals surface area (Å²) in [6, 6.07) is 16.1. The van der Waals surface area contributed by atoms with Crippen molar-refractivity contribution in [3.63, 3.8) is 0 Å². The quantitative estimate of drug-likeness (QED) is 0.637. The fourth-order valence-electron chi connectivity index (χ4n) is 4.86. The van der Waals surface area contributed by atoms with E-state index in [9.17, 15) is 4.79 Å². The van der Waals surface area contributed by atoms with Crippen LogP contribution in [0.25, 0.3) is 0 Å². The minimum Gasteiger partial charge on any atom is -0.497 e. The maximum absolute atomic E-state index is 13.2. The van der Waals surface area contributed by atoms with Gasteiger partial charge in [0.2, 0.25) is 5.91 Å². The largest absolute Gasteiger partial charge is 0.497 e. The van der Waals surface area contributed by atoms with Gasteiger partial charge >= 0.3 is 0 Å². The Bertz CT molecular complexity index is 860. The van der Waals surface area contributed by atoms with E-state index in [0.29, 0.717) is 12.5 Å². The first-order valence-corrected chi connectivity index (χ1v) is 11.4. The van der Waals surface area contributed by atoms with Gasteiger partial charge in [0.25, 0.3) is 0 Å². The van der Waals surface area contributed by atoms with Gasteiger partial charge in [0.05, 0.1) is 12.5 Å². The summed E-state index contributed by atoms with van der Waals surface area (Å²) in [7, 11) is 1.67. The zero-order valence-electron chi connectivity index (χ0n) is 17.8. The molecule has 0 bridgehead atoms. The number of rotatable bonds is 7. The SMILES string of the molecule is COc1ccc(CN2CCC3(CCN(CCCc4ccccc4Cl)CC3)C2=O)cc1. The van der Waals surface area contributed by atoms with Gasteiger partial charge < -0.3 is 14.5 Å². The first-order chi connectivity index (χ1) is 14.6. The van der Waals surface area contributed by atoms with Gasteiger partial charge in [-0.15, -0.1) is 0 Å². The molecule has 160 valence electrons. The van der Waals surface area contributed by atoms with E-state index in [1.54, 1.807) is 7.11 Å². The molecule has 2 heterocycles. The summed E-state index contributed by atoms with van der Waals surface area (Å²) < 4.78 is 5.23. The van der Waals surface area contributed by atoms with Gasteiger partial charge in [0, 0.05) is 18.1 Å². The number of halogens is 1. The van der Waals surface area contributed by atoms with Crippen LogP contribution in [0.4, 0.5) is 0 Å². The number of benzene rings is 2. The Morgan fingerprint density at radius 1 is 1.00 bits per heavy atom. The van der Waals surface area contributed by atoms with Crippen molar-refractivity contribution in [2.45, 2.75) is 38.6 Å². The summed E-state index contributed by atoms with van der Waals surface area (Å²) in [5.74, 6) is 1.21. The van der Waals surface area contributed by atoms with Crippen molar-refractivity contribution in [3.05, 3.63) is 64.7 Å². The van der Waals surface area contributed by atoms with Crippen molar-refractivity contribution >= 4 is 17.5 Å². The number of aryl methyl sites for hydroxylation is 1. The molecule has 1 amide bonds. The number of likely N-dealkylation sites (tertiary alicyclic amines) is 2. The van der Waals surface area contributed by atoms with Crippen LogP contribution in [0.15, 0.2) is 48.5 Å². The predicted molar refractivity (Wildman–Crippen MR) is 121 cm³/mol. The molecule has 0 aromatic heterocycles. The fourth-order valence-corrected chi connectivity index (χ4v) is 5.09. The summed E-state index contributed by atoms with van der Waals surface area (Å²) in [4.78, 5) is 17.8. The van der Waals surface area contributed by atoms with Crippen LogP contribution in [0.1, 0.15) is 36.8 Å². The van der Waals surface area contributed by atoms with Gasteiger partial charge in [-0.2, -0.15) is 0 Å². The Labute approximate surface area is 184 Å². The Kier molecular flexibility index (Phi) is 6.64. The highest BCUT2D eigenvalue weighted by Gasteiger charge is 2.47. The van der Waals surface area contributed by atoms with Gasteiger partial charge in [-0.25, -0.2) is 0 Å². The molecule has 2 aromatic carbocycles. The molecule has 4 nitrogen and oxygen atoms in total. The van der Waals surface area contributed by atoms with Crippen LogP contribution in [0.3, 0.4) is 0 Å². The Hall–Kier alpha value is -2.04. The Morgan fingerprint density at radius 2 is 1.70 bits per heavy atom.